The van der Waals surface area contributed by atoms with Gasteiger partial charge in [0.15, 0.2) is 11.7 Å². The van der Waals surface area contributed by atoms with Crippen molar-refractivity contribution in [3.05, 3.63) is 0 Å². The predicted molar refractivity (Wildman–Crippen MR) is 202 cm³/mol. The van der Waals surface area contributed by atoms with E-state index in [-0.39, 0.29) is 35.8 Å². The van der Waals surface area contributed by atoms with Crippen LogP contribution in [0.1, 0.15) is 167 Å². The minimum Gasteiger partial charge on any atom is -0.460 e. The average molecular weight is 717 g/mol. The van der Waals surface area contributed by atoms with Gasteiger partial charge in [-0.1, -0.05) is 70.6 Å². The highest BCUT2D eigenvalue weighted by molar-refractivity contribution is 5.84. The number of nitrogens with zero attached hydrogens (tertiary/aromatic N) is 3. The van der Waals surface area contributed by atoms with Crippen molar-refractivity contribution in [2.24, 2.45) is 16.5 Å². The topological polar surface area (TPSA) is 145 Å². The van der Waals surface area contributed by atoms with Crippen molar-refractivity contribution in [2.45, 2.75) is 197 Å². The van der Waals surface area contributed by atoms with Gasteiger partial charge in [0.05, 0.1) is 6.04 Å². The van der Waals surface area contributed by atoms with E-state index in [0.717, 1.165) is 129 Å². The molecule has 5 rings (SSSR count). The van der Waals surface area contributed by atoms with Crippen LogP contribution in [0.4, 0.5) is 0 Å². The van der Waals surface area contributed by atoms with Gasteiger partial charge in [-0.15, -0.1) is 0 Å². The number of guanidine groups is 1. The molecule has 1 amide bonds. The molecule has 5 atom stereocenters. The number of nitrogens with two attached hydrogens (primary N) is 2. The van der Waals surface area contributed by atoms with E-state index < -0.39 is 5.72 Å². The van der Waals surface area contributed by atoms with E-state index in [0.29, 0.717) is 25.9 Å². The van der Waals surface area contributed by atoms with Crippen LogP contribution in [-0.4, -0.2) is 96.7 Å². The quantitative estimate of drug-likeness (QED) is 0.0873. The molecule has 5 heterocycles. The minimum atomic E-state index is -0.510. The van der Waals surface area contributed by atoms with E-state index in [4.69, 9.17) is 30.7 Å². The van der Waals surface area contributed by atoms with Gasteiger partial charge in [-0.2, -0.15) is 0 Å². The summed E-state index contributed by atoms with van der Waals surface area (Å²) in [6.07, 6.45) is 27.0. The van der Waals surface area contributed by atoms with Gasteiger partial charge in [-0.3, -0.25) is 9.59 Å². The zero-order valence-electron chi connectivity index (χ0n) is 31.9. The zero-order valence-corrected chi connectivity index (χ0v) is 31.9. The first-order chi connectivity index (χ1) is 25.0. The lowest BCUT2D eigenvalue weighted by Crippen LogP contribution is -2.68. The normalized spacial score (nSPS) is 28.6. The highest BCUT2D eigenvalue weighted by Gasteiger charge is 2.58. The summed E-state index contributed by atoms with van der Waals surface area (Å²) in [4.78, 5) is 35.3. The molecule has 5 aliphatic rings. The van der Waals surface area contributed by atoms with Crippen molar-refractivity contribution >= 4 is 17.8 Å². The molecule has 0 unspecified atom stereocenters. The average Bonchev–Trinajstić information content (AvgIpc) is 3.29. The molecule has 4 saturated heterocycles. The summed E-state index contributed by atoms with van der Waals surface area (Å²) in [7, 11) is 0. The van der Waals surface area contributed by atoms with Crippen molar-refractivity contribution in [3.8, 4) is 0 Å². The Kier molecular flexibility index (Phi) is 16.6. The Bertz CT molecular complexity index is 1070. The van der Waals surface area contributed by atoms with Crippen molar-refractivity contribution in [1.82, 2.24) is 15.1 Å². The van der Waals surface area contributed by atoms with Gasteiger partial charge in [0.1, 0.15) is 11.8 Å². The van der Waals surface area contributed by atoms with Crippen LogP contribution in [0.5, 0.6) is 0 Å². The van der Waals surface area contributed by atoms with Crippen molar-refractivity contribution < 1.29 is 23.8 Å². The van der Waals surface area contributed by atoms with Gasteiger partial charge < -0.3 is 40.8 Å². The number of carbonyl (C=O) groups excluding carboxylic acids is 2. The molecular formula is C40H72N6O5. The molecule has 292 valence electrons. The third-order valence-corrected chi connectivity index (χ3v) is 12.0. The van der Waals surface area contributed by atoms with Crippen molar-refractivity contribution in [1.29, 1.82) is 0 Å². The highest BCUT2D eigenvalue weighted by atomic mass is 16.5. The number of amides is 1. The molecule has 5 N–H and O–H groups in total. The van der Waals surface area contributed by atoms with Crippen LogP contribution in [0.2, 0.25) is 0 Å². The van der Waals surface area contributed by atoms with Gasteiger partial charge in [-0.05, 0) is 77.3 Å². The monoisotopic (exact) mass is 717 g/mol. The maximum absolute atomic E-state index is 13.1. The summed E-state index contributed by atoms with van der Waals surface area (Å²) in [5, 5.41) is 3.77. The molecule has 0 radical (unpaired) electrons. The fraction of sp³-hybridized carbons (Fsp3) is 0.925. The molecule has 0 aromatic rings. The van der Waals surface area contributed by atoms with Crippen LogP contribution in [0.25, 0.3) is 0 Å². The number of ether oxygens (including phenoxy) is 3. The Morgan fingerprint density at radius 3 is 2.02 bits per heavy atom. The van der Waals surface area contributed by atoms with Crippen molar-refractivity contribution in [3.63, 3.8) is 0 Å². The molecule has 11 heteroatoms. The smallest absolute Gasteiger partial charge is 0.306 e. The number of hydrogen-bond acceptors (Lipinski definition) is 10. The van der Waals surface area contributed by atoms with Gasteiger partial charge in [0, 0.05) is 64.4 Å². The summed E-state index contributed by atoms with van der Waals surface area (Å²) in [6.45, 7) is 4.28. The maximum atomic E-state index is 13.1. The predicted octanol–water partition coefficient (Wildman–Crippen LogP) is 6.27. The Morgan fingerprint density at radius 2 is 1.37 bits per heavy atom. The standard InChI is InChI=1S/C40H72N6O5/c41-24-18-26-45(27-19-25-42)36(47)20-12-9-7-5-3-1-2-4-6-8-10-13-21-37(48)51-35-30-33-31-39(22-14-11-16-28-49-39)43-38-44-40(23-15-17-29-50-40)32-34(35)46(33)38/h33-35H,1-32,41-42H2,(H,43,44)/t33-,34-,35-,39-,40+/m0/s1. The third kappa shape index (κ3) is 12.0. The first kappa shape index (κ1) is 40.2. The van der Waals surface area contributed by atoms with E-state index in [1.165, 1.54) is 57.8 Å². The largest absolute Gasteiger partial charge is 0.460 e. The second-order valence-corrected chi connectivity index (χ2v) is 16.2. The first-order valence-corrected chi connectivity index (χ1v) is 21.3. The minimum absolute atomic E-state index is 0.0456. The molecule has 0 aliphatic carbocycles. The third-order valence-electron chi connectivity index (χ3n) is 12.0. The number of nitrogens with one attached hydrogen (secondary N) is 1. The lowest BCUT2D eigenvalue weighted by atomic mass is 9.91. The Labute approximate surface area is 308 Å². The first-order valence-electron chi connectivity index (χ1n) is 21.3. The summed E-state index contributed by atoms with van der Waals surface area (Å²) in [6, 6.07) is 0.385. The number of unbranched alkanes of at least 4 members (excludes halogenated alkanes) is 11. The Morgan fingerprint density at radius 1 is 0.765 bits per heavy atom. The van der Waals surface area contributed by atoms with Crippen LogP contribution in [0.15, 0.2) is 4.99 Å². The molecule has 0 aromatic carbocycles. The van der Waals surface area contributed by atoms with Crippen molar-refractivity contribution in [2.75, 3.05) is 39.4 Å². The molecule has 0 saturated carbocycles. The fourth-order valence-electron chi connectivity index (χ4n) is 9.21. The van der Waals surface area contributed by atoms with Gasteiger partial charge in [0.2, 0.25) is 5.91 Å². The second-order valence-electron chi connectivity index (χ2n) is 16.2. The van der Waals surface area contributed by atoms with Gasteiger partial charge >= 0.3 is 5.97 Å². The molecule has 0 bridgehead atoms. The molecule has 5 aliphatic heterocycles. The number of esters is 1. The molecule has 2 spiro atoms. The summed E-state index contributed by atoms with van der Waals surface area (Å²) in [5.41, 5.74) is 10.4. The van der Waals surface area contributed by atoms with E-state index >= 15 is 0 Å². The number of hydrogen-bond donors (Lipinski definition) is 3. The van der Waals surface area contributed by atoms with E-state index in [9.17, 15) is 9.59 Å². The van der Waals surface area contributed by atoms with E-state index in [2.05, 4.69) is 10.2 Å². The molecule has 51 heavy (non-hydrogen) atoms. The molecule has 11 nitrogen and oxygen atoms in total. The Hall–Kier alpha value is -1.95. The SMILES string of the molecule is NCCCN(CCCN)C(=O)CCCCCCCCCCCCCCC(=O)O[C@H]1C[C@H]2C[C@@]3(CCCCCO3)NC3=N[C@@]4(CCCCO4)C[C@@H]1N32. The summed E-state index contributed by atoms with van der Waals surface area (Å²) in [5.74, 6) is 1.12. The van der Waals surface area contributed by atoms with Crippen LogP contribution in [0, 0.1) is 0 Å². The number of carbonyl (C=O) groups is 2. The maximum Gasteiger partial charge on any atom is 0.306 e. The van der Waals surface area contributed by atoms with E-state index in [1.807, 2.05) is 4.90 Å². The van der Waals surface area contributed by atoms with E-state index in [1.54, 1.807) is 0 Å². The fourth-order valence-corrected chi connectivity index (χ4v) is 9.21. The summed E-state index contributed by atoms with van der Waals surface area (Å²) >= 11 is 0. The molecule has 0 aromatic heterocycles. The van der Waals surface area contributed by atoms with Crippen LogP contribution >= 0.6 is 0 Å². The number of aliphatic imine (C=N–C) groups is 1. The van der Waals surface area contributed by atoms with Crippen LogP contribution in [0.3, 0.4) is 0 Å². The lowest BCUT2D eigenvalue weighted by molar-refractivity contribution is -0.153. The Balaban J connectivity index is 0.919. The lowest BCUT2D eigenvalue weighted by Gasteiger charge is -2.52. The molecular weight excluding hydrogens is 644 g/mol. The second kappa shape index (κ2) is 21.1. The number of rotatable bonds is 22. The molecule has 4 fully saturated rings. The summed E-state index contributed by atoms with van der Waals surface area (Å²) < 4.78 is 19.2. The van der Waals surface area contributed by atoms with Gasteiger partial charge in [0.25, 0.3) is 0 Å². The van der Waals surface area contributed by atoms with Crippen LogP contribution in [-0.2, 0) is 23.8 Å². The van der Waals surface area contributed by atoms with Crippen LogP contribution < -0.4 is 16.8 Å². The van der Waals surface area contributed by atoms with Gasteiger partial charge in [-0.25, -0.2) is 4.99 Å². The zero-order chi connectivity index (χ0) is 35.8. The highest BCUT2D eigenvalue weighted by Crippen LogP contribution is 2.46.